The number of nitrogens with one attached hydrogen (secondary N) is 1. The molecule has 4 rings (SSSR count). The predicted octanol–water partition coefficient (Wildman–Crippen LogP) is 0.497. The number of alkyl halides is 1. The van der Waals surface area contributed by atoms with Crippen molar-refractivity contribution < 1.29 is 27.3 Å². The Kier molecular flexibility index (Phi) is 3.54. The number of hydrogen-bond acceptors (Lipinski definition) is 9. The molecule has 13 heteroatoms. The number of phosphoric acid groups is 1. The van der Waals surface area contributed by atoms with Crippen LogP contribution in [0.3, 0.4) is 0 Å². The number of aromatic nitrogens is 4. The SMILES string of the molecule is CO[P@@]1(=O)OC[C@H]2O[C@@H](n3cnc4c(=O)[nH]c(N)nc43)[C@](C)(F)[C@@H]2O1. The van der Waals surface area contributed by atoms with Gasteiger partial charge in [0.05, 0.1) is 12.9 Å². The molecule has 3 N–H and O–H groups in total. The van der Waals surface area contributed by atoms with E-state index in [-0.39, 0.29) is 23.7 Å². The maximum absolute atomic E-state index is 15.5. The highest BCUT2D eigenvalue weighted by atomic mass is 31.2. The van der Waals surface area contributed by atoms with Crippen LogP contribution in [0.2, 0.25) is 0 Å². The number of anilines is 1. The van der Waals surface area contributed by atoms with E-state index in [2.05, 4.69) is 15.0 Å². The summed E-state index contributed by atoms with van der Waals surface area (Å²) in [7, 11) is -2.70. The van der Waals surface area contributed by atoms with E-state index >= 15 is 4.39 Å². The van der Waals surface area contributed by atoms with E-state index in [0.29, 0.717) is 0 Å². The van der Waals surface area contributed by atoms with Gasteiger partial charge in [-0.1, -0.05) is 0 Å². The summed E-state index contributed by atoms with van der Waals surface area (Å²) >= 11 is 0. The summed E-state index contributed by atoms with van der Waals surface area (Å²) in [6.45, 7) is 1.06. The lowest BCUT2D eigenvalue weighted by Crippen LogP contribution is -2.44. The molecule has 2 fully saturated rings. The molecule has 0 aromatic carbocycles. The number of nitrogens with zero attached hydrogens (tertiary/aromatic N) is 3. The number of aromatic amines is 1. The van der Waals surface area contributed by atoms with Crippen molar-refractivity contribution in [2.45, 2.75) is 31.0 Å². The van der Waals surface area contributed by atoms with Gasteiger partial charge in [-0.25, -0.2) is 13.9 Å². The molecule has 25 heavy (non-hydrogen) atoms. The third-order valence-corrected chi connectivity index (χ3v) is 5.64. The van der Waals surface area contributed by atoms with Gasteiger partial charge in [-0.05, 0) is 6.92 Å². The number of ether oxygens (including phenoxy) is 1. The number of nitrogen functional groups attached to an aromatic ring is 1. The molecular formula is C12H15FN5O6P. The Labute approximate surface area is 139 Å². The lowest BCUT2D eigenvalue weighted by molar-refractivity contribution is -0.0686. The quantitative estimate of drug-likeness (QED) is 0.717. The first-order valence-corrected chi connectivity index (χ1v) is 8.76. The Morgan fingerprint density at radius 2 is 2.36 bits per heavy atom. The minimum Gasteiger partial charge on any atom is -0.369 e. The van der Waals surface area contributed by atoms with Crippen LogP contribution in [0.25, 0.3) is 11.2 Å². The first kappa shape index (κ1) is 16.6. The summed E-state index contributed by atoms with van der Waals surface area (Å²) in [5.41, 5.74) is 2.91. The van der Waals surface area contributed by atoms with Crippen LogP contribution in [0.1, 0.15) is 13.2 Å². The average Bonchev–Trinajstić information content (AvgIpc) is 3.07. The zero-order chi connectivity index (χ0) is 18.0. The predicted molar refractivity (Wildman–Crippen MR) is 81.4 cm³/mol. The molecule has 2 aliphatic rings. The number of hydrogen-bond donors (Lipinski definition) is 2. The van der Waals surface area contributed by atoms with Crippen LogP contribution in [0.5, 0.6) is 0 Å². The zero-order valence-corrected chi connectivity index (χ0v) is 14.1. The Morgan fingerprint density at radius 1 is 1.60 bits per heavy atom. The third-order valence-electron chi connectivity index (χ3n) is 4.25. The van der Waals surface area contributed by atoms with E-state index in [4.69, 9.17) is 24.0 Å². The van der Waals surface area contributed by atoms with Gasteiger partial charge < -0.3 is 10.5 Å². The molecule has 2 saturated heterocycles. The molecule has 0 radical (unpaired) electrons. The van der Waals surface area contributed by atoms with Crippen LogP contribution >= 0.6 is 7.82 Å². The molecule has 136 valence electrons. The highest BCUT2D eigenvalue weighted by molar-refractivity contribution is 7.48. The average molecular weight is 375 g/mol. The van der Waals surface area contributed by atoms with E-state index in [1.165, 1.54) is 17.8 Å². The molecule has 2 aromatic heterocycles. The number of imidazole rings is 1. The van der Waals surface area contributed by atoms with Gasteiger partial charge in [-0.15, -0.1) is 0 Å². The van der Waals surface area contributed by atoms with Crippen molar-refractivity contribution in [3.8, 4) is 0 Å². The van der Waals surface area contributed by atoms with Crippen molar-refractivity contribution >= 4 is 24.9 Å². The molecule has 0 aliphatic carbocycles. The van der Waals surface area contributed by atoms with Gasteiger partial charge in [0.25, 0.3) is 5.56 Å². The summed E-state index contributed by atoms with van der Waals surface area (Å²) in [6.07, 6.45) is -2.04. The topological polar surface area (TPSA) is 144 Å². The van der Waals surface area contributed by atoms with E-state index in [1.54, 1.807) is 0 Å². The Balaban J connectivity index is 1.78. The molecule has 2 aromatic rings. The van der Waals surface area contributed by atoms with Crippen molar-refractivity contribution in [3.63, 3.8) is 0 Å². The van der Waals surface area contributed by atoms with Crippen LogP contribution in [0.15, 0.2) is 11.1 Å². The number of nitrogens with two attached hydrogens (primary N) is 1. The fraction of sp³-hybridized carbons (Fsp3) is 0.583. The number of H-pyrrole nitrogens is 1. The number of fused-ring (bicyclic) bond motifs is 2. The van der Waals surface area contributed by atoms with Crippen LogP contribution in [0.4, 0.5) is 10.3 Å². The minimum atomic E-state index is -3.85. The standard InChI is InChI=1S/C12H15FN5O6P/c1-12(13)7-5(3-22-25(20,21-2)24-7)23-10(12)18-4-15-6-8(18)16-11(14)17-9(6)19/h4-5,7,10H,3H2,1-2H3,(H3,14,16,17,19)/t5-,7-,10-,12-,25+/m1/s1. The van der Waals surface area contributed by atoms with Crippen LogP contribution in [-0.4, -0.2) is 51.1 Å². The Hall–Kier alpha value is -1.85. The maximum atomic E-state index is 15.5. The smallest absolute Gasteiger partial charge is 0.369 e. The Morgan fingerprint density at radius 3 is 3.08 bits per heavy atom. The van der Waals surface area contributed by atoms with Gasteiger partial charge in [-0.2, -0.15) is 4.98 Å². The summed E-state index contributed by atoms with van der Waals surface area (Å²) in [5.74, 6) is -0.140. The van der Waals surface area contributed by atoms with Gasteiger partial charge >= 0.3 is 7.82 Å². The van der Waals surface area contributed by atoms with Crippen LogP contribution < -0.4 is 11.3 Å². The second-order valence-corrected chi connectivity index (χ2v) is 7.63. The van der Waals surface area contributed by atoms with Gasteiger partial charge in [0.15, 0.2) is 23.1 Å². The van der Waals surface area contributed by atoms with Gasteiger partial charge in [0.2, 0.25) is 5.95 Å². The lowest BCUT2D eigenvalue weighted by atomic mass is 9.98. The molecule has 0 bridgehead atoms. The lowest BCUT2D eigenvalue weighted by Gasteiger charge is -2.33. The van der Waals surface area contributed by atoms with Crippen molar-refractivity contribution in [2.24, 2.45) is 0 Å². The molecule has 11 nitrogen and oxygen atoms in total. The molecule has 2 aliphatic heterocycles. The molecule has 5 atom stereocenters. The van der Waals surface area contributed by atoms with Crippen molar-refractivity contribution in [3.05, 3.63) is 16.7 Å². The first-order chi connectivity index (χ1) is 11.7. The molecule has 0 unspecified atom stereocenters. The highest BCUT2D eigenvalue weighted by Gasteiger charge is 2.61. The molecule has 0 spiro atoms. The van der Waals surface area contributed by atoms with E-state index < -0.39 is 37.5 Å². The van der Waals surface area contributed by atoms with Gasteiger partial charge in [0, 0.05) is 7.11 Å². The maximum Gasteiger partial charge on any atom is 0.475 e. The van der Waals surface area contributed by atoms with Crippen molar-refractivity contribution in [1.29, 1.82) is 0 Å². The zero-order valence-electron chi connectivity index (χ0n) is 13.2. The van der Waals surface area contributed by atoms with Gasteiger partial charge in [0.1, 0.15) is 12.2 Å². The second kappa shape index (κ2) is 5.32. The minimum absolute atomic E-state index is 0.0109. The van der Waals surface area contributed by atoms with Crippen molar-refractivity contribution in [1.82, 2.24) is 19.5 Å². The number of rotatable bonds is 2. The molecule has 0 saturated carbocycles. The normalized spacial score (nSPS) is 38.1. The van der Waals surface area contributed by atoms with Gasteiger partial charge in [-0.3, -0.25) is 27.9 Å². The Bertz CT molecular complexity index is 944. The second-order valence-electron chi connectivity index (χ2n) is 5.90. The fourth-order valence-corrected chi connectivity index (χ4v) is 4.26. The summed E-state index contributed by atoms with van der Waals surface area (Å²) < 4.78 is 49.5. The number of phosphoric ester groups is 1. The van der Waals surface area contributed by atoms with Crippen LogP contribution in [0, 0.1) is 0 Å². The van der Waals surface area contributed by atoms with E-state index in [0.717, 1.165) is 7.11 Å². The van der Waals surface area contributed by atoms with E-state index in [9.17, 15) is 9.36 Å². The highest BCUT2D eigenvalue weighted by Crippen LogP contribution is 2.59. The van der Waals surface area contributed by atoms with Crippen LogP contribution in [-0.2, 0) is 22.9 Å². The largest absolute Gasteiger partial charge is 0.475 e. The summed E-state index contributed by atoms with van der Waals surface area (Å²) in [6, 6.07) is 0. The third kappa shape index (κ3) is 2.41. The fourth-order valence-electron chi connectivity index (χ4n) is 3.05. The molecular weight excluding hydrogens is 360 g/mol. The van der Waals surface area contributed by atoms with Crippen molar-refractivity contribution in [2.75, 3.05) is 19.5 Å². The van der Waals surface area contributed by atoms with E-state index in [1.807, 2.05) is 0 Å². The molecule has 4 heterocycles. The monoisotopic (exact) mass is 375 g/mol. The molecule has 0 amide bonds. The number of halogens is 1. The summed E-state index contributed by atoms with van der Waals surface area (Å²) in [5, 5.41) is 0. The summed E-state index contributed by atoms with van der Waals surface area (Å²) in [4.78, 5) is 22.1. The first-order valence-electron chi connectivity index (χ1n) is 7.30.